The molecule has 1 N–H and O–H groups in total. The molecule has 27 heavy (non-hydrogen) atoms. The Hall–Kier alpha value is -2.67. The first-order valence-corrected chi connectivity index (χ1v) is 9.01. The molecule has 1 aromatic heterocycles. The summed E-state index contributed by atoms with van der Waals surface area (Å²) in [5, 5.41) is 4.00. The van der Waals surface area contributed by atoms with Crippen LogP contribution in [0.4, 0.5) is 4.39 Å². The molecule has 1 aromatic carbocycles. The number of carbonyl (C=O) groups excluding carboxylic acids is 1. The highest BCUT2D eigenvalue weighted by molar-refractivity contribution is 5.84. The number of aryl methyl sites for hydroxylation is 1. The van der Waals surface area contributed by atoms with Crippen molar-refractivity contribution >= 4 is 12.1 Å². The number of amides is 1. The minimum absolute atomic E-state index is 0.237. The molecule has 2 aromatic rings. The van der Waals surface area contributed by atoms with Crippen LogP contribution < -0.4 is 10.2 Å². The van der Waals surface area contributed by atoms with Crippen molar-refractivity contribution in [2.75, 3.05) is 13.2 Å². The molecule has 0 aliphatic carbocycles. The second-order valence-corrected chi connectivity index (χ2v) is 6.61. The Balaban J connectivity index is 1.52. The summed E-state index contributed by atoms with van der Waals surface area (Å²) in [6.07, 6.45) is 4.08. The van der Waals surface area contributed by atoms with Crippen molar-refractivity contribution in [3.05, 3.63) is 53.1 Å². The van der Waals surface area contributed by atoms with E-state index >= 15 is 0 Å². The van der Waals surface area contributed by atoms with Gasteiger partial charge in [-0.1, -0.05) is 6.07 Å². The highest BCUT2D eigenvalue weighted by atomic mass is 19.1. The lowest BCUT2D eigenvalue weighted by Crippen LogP contribution is -2.24. The number of carbonyl (C=O) groups is 1. The number of halogens is 1. The van der Waals surface area contributed by atoms with Gasteiger partial charge in [-0.15, -0.1) is 0 Å². The van der Waals surface area contributed by atoms with E-state index in [0.29, 0.717) is 5.75 Å². The number of hydrogen-bond donors (Lipinski definition) is 1. The predicted molar refractivity (Wildman–Crippen MR) is 101 cm³/mol. The van der Waals surface area contributed by atoms with Crippen LogP contribution in [0.2, 0.25) is 0 Å². The third-order valence-corrected chi connectivity index (χ3v) is 4.58. The minimum Gasteiger partial charge on any atom is -0.484 e. The molecule has 0 spiro atoms. The summed E-state index contributed by atoms with van der Waals surface area (Å²) in [6.45, 7) is 5.50. The van der Waals surface area contributed by atoms with Crippen LogP contribution in [0.5, 0.6) is 5.75 Å². The molecule has 0 saturated carbocycles. The van der Waals surface area contributed by atoms with Gasteiger partial charge in [0.05, 0.1) is 12.3 Å². The number of benzene rings is 1. The maximum atomic E-state index is 13.1. The number of ether oxygens (including phenoxy) is 2. The van der Waals surface area contributed by atoms with Crippen molar-refractivity contribution in [1.29, 1.82) is 0 Å². The molecule has 0 radical (unpaired) electrons. The highest BCUT2D eigenvalue weighted by Crippen LogP contribution is 2.19. The Kier molecular flexibility index (Phi) is 6.24. The molecule has 6 nitrogen and oxygen atoms in total. The molecular weight excluding hydrogens is 349 g/mol. The van der Waals surface area contributed by atoms with Crippen LogP contribution in [0, 0.1) is 19.7 Å². The molecule has 3 rings (SSSR count). The SMILES string of the molecule is Cc1cc(/C=N\NC(=O)COc2cccc(F)c2)c(C)n1C[C@H]1CCCO1. The van der Waals surface area contributed by atoms with E-state index in [-0.39, 0.29) is 12.7 Å². The molecule has 1 fully saturated rings. The van der Waals surface area contributed by atoms with Gasteiger partial charge in [0.25, 0.3) is 5.91 Å². The van der Waals surface area contributed by atoms with E-state index < -0.39 is 11.7 Å². The lowest BCUT2D eigenvalue weighted by Gasteiger charge is -2.14. The van der Waals surface area contributed by atoms with Crippen molar-refractivity contribution in [3.8, 4) is 5.75 Å². The second-order valence-electron chi connectivity index (χ2n) is 6.61. The number of hydrazone groups is 1. The van der Waals surface area contributed by atoms with Gasteiger partial charge < -0.3 is 14.0 Å². The van der Waals surface area contributed by atoms with Gasteiger partial charge >= 0.3 is 0 Å². The quantitative estimate of drug-likeness (QED) is 0.599. The van der Waals surface area contributed by atoms with Crippen LogP contribution in [-0.2, 0) is 16.1 Å². The summed E-state index contributed by atoms with van der Waals surface area (Å²) in [5.41, 5.74) is 5.57. The maximum absolute atomic E-state index is 13.1. The first-order chi connectivity index (χ1) is 13.0. The lowest BCUT2D eigenvalue weighted by molar-refractivity contribution is -0.123. The Labute approximate surface area is 158 Å². The van der Waals surface area contributed by atoms with Gasteiger partial charge in [0, 0.05) is 36.2 Å². The van der Waals surface area contributed by atoms with Crippen molar-refractivity contribution in [2.45, 2.75) is 39.3 Å². The number of aromatic nitrogens is 1. The standard InChI is InChI=1S/C20H24FN3O3/c1-14-9-16(15(2)24(14)12-19-7-4-8-26-19)11-22-23-20(25)13-27-18-6-3-5-17(21)10-18/h3,5-6,9-11,19H,4,7-8,12-13H2,1-2H3,(H,23,25)/b22-11-/t19-/m1/s1. The van der Waals surface area contributed by atoms with Gasteiger partial charge in [0.2, 0.25) is 0 Å². The van der Waals surface area contributed by atoms with Gasteiger partial charge in [0.1, 0.15) is 11.6 Å². The summed E-state index contributed by atoms with van der Waals surface area (Å²) in [5.74, 6) is -0.528. The molecule has 1 aliphatic rings. The van der Waals surface area contributed by atoms with Crippen LogP contribution in [0.1, 0.15) is 29.8 Å². The monoisotopic (exact) mass is 373 g/mol. The fourth-order valence-corrected chi connectivity index (χ4v) is 3.14. The molecule has 7 heteroatoms. The van der Waals surface area contributed by atoms with Crippen molar-refractivity contribution in [2.24, 2.45) is 5.10 Å². The molecule has 1 aliphatic heterocycles. The van der Waals surface area contributed by atoms with Crippen LogP contribution in [0.25, 0.3) is 0 Å². The van der Waals surface area contributed by atoms with E-state index in [1.807, 2.05) is 19.9 Å². The van der Waals surface area contributed by atoms with Gasteiger partial charge in [-0.25, -0.2) is 9.82 Å². The molecule has 2 heterocycles. The summed E-state index contributed by atoms with van der Waals surface area (Å²) < 4.78 is 26.2. The van der Waals surface area contributed by atoms with E-state index in [9.17, 15) is 9.18 Å². The topological polar surface area (TPSA) is 64.8 Å². The van der Waals surface area contributed by atoms with Crippen LogP contribution in [0.15, 0.2) is 35.4 Å². The van der Waals surface area contributed by atoms with Crippen LogP contribution in [0.3, 0.4) is 0 Å². The van der Waals surface area contributed by atoms with Gasteiger partial charge in [-0.05, 0) is 44.9 Å². The molecular formula is C20H24FN3O3. The minimum atomic E-state index is -0.413. The van der Waals surface area contributed by atoms with E-state index in [1.165, 1.54) is 18.2 Å². The normalized spacial score (nSPS) is 16.8. The number of nitrogens with one attached hydrogen (secondary N) is 1. The summed E-state index contributed by atoms with van der Waals surface area (Å²) >= 11 is 0. The maximum Gasteiger partial charge on any atom is 0.277 e. The Bertz CT molecular complexity index is 826. The predicted octanol–water partition coefficient (Wildman–Crippen LogP) is 2.95. The largest absolute Gasteiger partial charge is 0.484 e. The van der Waals surface area contributed by atoms with Crippen molar-refractivity contribution in [1.82, 2.24) is 9.99 Å². The van der Waals surface area contributed by atoms with Crippen molar-refractivity contribution < 1.29 is 18.7 Å². The first-order valence-electron chi connectivity index (χ1n) is 9.01. The van der Waals surface area contributed by atoms with Gasteiger partial charge in [-0.3, -0.25) is 4.79 Å². The molecule has 144 valence electrons. The van der Waals surface area contributed by atoms with E-state index in [4.69, 9.17) is 9.47 Å². The summed E-state index contributed by atoms with van der Waals surface area (Å²) in [7, 11) is 0. The van der Waals surface area contributed by atoms with Gasteiger partial charge in [-0.2, -0.15) is 5.10 Å². The second kappa shape index (κ2) is 8.81. The fourth-order valence-electron chi connectivity index (χ4n) is 3.14. The number of hydrogen-bond acceptors (Lipinski definition) is 4. The van der Waals surface area contributed by atoms with Crippen LogP contribution >= 0.6 is 0 Å². The molecule has 0 bridgehead atoms. The lowest BCUT2D eigenvalue weighted by atomic mass is 10.2. The zero-order valence-electron chi connectivity index (χ0n) is 15.6. The van der Waals surface area contributed by atoms with Crippen LogP contribution in [-0.4, -0.2) is 36.0 Å². The van der Waals surface area contributed by atoms with E-state index in [0.717, 1.165) is 42.9 Å². The molecule has 1 amide bonds. The van der Waals surface area contributed by atoms with Crippen molar-refractivity contribution in [3.63, 3.8) is 0 Å². The van der Waals surface area contributed by atoms with Gasteiger partial charge in [0.15, 0.2) is 6.61 Å². The Morgan fingerprint density at radius 2 is 2.30 bits per heavy atom. The van der Waals surface area contributed by atoms with E-state index in [2.05, 4.69) is 15.1 Å². The average Bonchev–Trinajstić information content (AvgIpc) is 3.24. The number of rotatable bonds is 7. The smallest absolute Gasteiger partial charge is 0.277 e. The molecule has 1 atom stereocenters. The Morgan fingerprint density at radius 3 is 3.04 bits per heavy atom. The fraction of sp³-hybridized carbons (Fsp3) is 0.400. The third-order valence-electron chi connectivity index (χ3n) is 4.58. The third kappa shape index (κ3) is 5.17. The highest BCUT2D eigenvalue weighted by Gasteiger charge is 2.18. The molecule has 1 saturated heterocycles. The average molecular weight is 373 g/mol. The number of nitrogens with zero attached hydrogens (tertiary/aromatic N) is 2. The summed E-state index contributed by atoms with van der Waals surface area (Å²) in [4.78, 5) is 11.8. The molecule has 0 unspecified atom stereocenters. The van der Waals surface area contributed by atoms with E-state index in [1.54, 1.807) is 12.3 Å². The zero-order chi connectivity index (χ0) is 19.2. The first kappa shape index (κ1) is 19.1. The summed E-state index contributed by atoms with van der Waals surface area (Å²) in [6, 6.07) is 7.67. The zero-order valence-corrected chi connectivity index (χ0v) is 15.6. The Morgan fingerprint density at radius 1 is 1.44 bits per heavy atom.